The van der Waals surface area contributed by atoms with Crippen molar-refractivity contribution in [1.82, 2.24) is 9.88 Å². The lowest BCUT2D eigenvalue weighted by Gasteiger charge is -2.18. The molecule has 1 saturated heterocycles. The maximum atomic E-state index is 12.2. The second kappa shape index (κ2) is 9.39. The first-order valence-electron chi connectivity index (χ1n) is 10.8. The number of likely N-dealkylation sites (tertiary alicyclic amines) is 1. The van der Waals surface area contributed by atoms with Gasteiger partial charge >= 0.3 is 0 Å². The number of anilines is 1. The number of hydrogen-bond donors (Lipinski definition) is 2. The topological polar surface area (TPSA) is 82.5 Å². The average molecular weight is 408 g/mol. The molecule has 0 radical (unpaired) electrons. The van der Waals surface area contributed by atoms with Crippen LogP contribution in [0.3, 0.4) is 0 Å². The number of carbonyl (C=O) groups is 2. The lowest BCUT2D eigenvalue weighted by atomic mass is 9.92. The average Bonchev–Trinajstić information content (AvgIpc) is 3.39. The van der Waals surface area contributed by atoms with E-state index in [0.717, 1.165) is 43.4 Å². The van der Waals surface area contributed by atoms with E-state index in [1.54, 1.807) is 17.3 Å². The van der Waals surface area contributed by atoms with Crippen molar-refractivity contribution >= 4 is 17.5 Å². The summed E-state index contributed by atoms with van der Waals surface area (Å²) in [4.78, 5) is 29.5. The number of amides is 2. The molecule has 6 heteroatoms. The molecule has 158 valence electrons. The van der Waals surface area contributed by atoms with Gasteiger partial charge < -0.3 is 15.3 Å². The van der Waals surface area contributed by atoms with Gasteiger partial charge in [0, 0.05) is 31.0 Å². The van der Waals surface area contributed by atoms with Crippen LogP contribution in [0.1, 0.15) is 49.3 Å². The first-order valence-corrected chi connectivity index (χ1v) is 10.8. The highest BCUT2D eigenvalue weighted by atomic mass is 16.3. The predicted molar refractivity (Wildman–Crippen MR) is 115 cm³/mol. The Balaban J connectivity index is 1.26. The number of aromatic nitrogens is 1. The second-order valence-electron chi connectivity index (χ2n) is 8.54. The minimum absolute atomic E-state index is 0.0593. The zero-order chi connectivity index (χ0) is 20.9. The number of nitrogens with zero attached hydrogens (tertiary/aromatic N) is 2. The summed E-state index contributed by atoms with van der Waals surface area (Å²) < 4.78 is 0. The van der Waals surface area contributed by atoms with Gasteiger partial charge in [0.25, 0.3) is 0 Å². The fourth-order valence-corrected chi connectivity index (χ4v) is 4.71. The van der Waals surface area contributed by atoms with Crippen LogP contribution in [0.4, 0.5) is 5.69 Å². The molecule has 2 amide bonds. The summed E-state index contributed by atoms with van der Waals surface area (Å²) in [6, 6.07) is 11.8. The number of pyridine rings is 1. The van der Waals surface area contributed by atoms with Crippen LogP contribution in [0.2, 0.25) is 0 Å². The van der Waals surface area contributed by atoms with E-state index >= 15 is 0 Å². The first kappa shape index (κ1) is 20.5. The number of hydrogen-bond acceptors (Lipinski definition) is 4. The van der Waals surface area contributed by atoms with Crippen molar-refractivity contribution in [2.75, 3.05) is 18.4 Å². The Kier molecular flexibility index (Phi) is 6.43. The molecule has 1 saturated carbocycles. The fraction of sp³-hybridized carbons (Fsp3) is 0.458. The molecule has 0 unspecified atom stereocenters. The summed E-state index contributed by atoms with van der Waals surface area (Å²) in [5, 5.41) is 13.5. The molecule has 2 aromatic rings. The number of aliphatic hydroxyl groups is 1. The molecular formula is C24H29N3O3. The normalized spacial score (nSPS) is 22.3. The van der Waals surface area contributed by atoms with Crippen LogP contribution >= 0.6 is 0 Å². The summed E-state index contributed by atoms with van der Waals surface area (Å²) in [6.07, 6.45) is 8.56. The number of rotatable bonds is 7. The van der Waals surface area contributed by atoms with Gasteiger partial charge in [0.15, 0.2) is 0 Å². The molecule has 1 aromatic heterocycles. The zero-order valence-electron chi connectivity index (χ0n) is 17.2. The van der Waals surface area contributed by atoms with Crippen molar-refractivity contribution < 1.29 is 14.7 Å². The third-order valence-electron chi connectivity index (χ3n) is 6.32. The molecule has 2 aliphatic rings. The highest BCUT2D eigenvalue weighted by molar-refractivity contribution is 5.94. The minimum atomic E-state index is -0.441. The molecule has 1 aromatic carbocycles. The van der Waals surface area contributed by atoms with Crippen molar-refractivity contribution in [2.24, 2.45) is 11.8 Å². The maximum Gasteiger partial charge on any atom is 0.243 e. The molecule has 2 fully saturated rings. The van der Waals surface area contributed by atoms with Crippen molar-refractivity contribution in [2.45, 2.75) is 44.6 Å². The summed E-state index contributed by atoms with van der Waals surface area (Å²) in [5.74, 6) is 0.749. The van der Waals surface area contributed by atoms with Gasteiger partial charge in [-0.3, -0.25) is 14.6 Å². The number of nitrogens with one attached hydrogen (secondary N) is 1. The van der Waals surface area contributed by atoms with E-state index in [0.29, 0.717) is 18.9 Å². The predicted octanol–water partition coefficient (Wildman–Crippen LogP) is 3.33. The zero-order valence-corrected chi connectivity index (χ0v) is 17.2. The van der Waals surface area contributed by atoms with Crippen LogP contribution in [0.5, 0.6) is 0 Å². The largest absolute Gasteiger partial charge is 0.388 e. The van der Waals surface area contributed by atoms with Gasteiger partial charge in [0.05, 0.1) is 12.6 Å². The highest BCUT2D eigenvalue weighted by Crippen LogP contribution is 2.40. The van der Waals surface area contributed by atoms with Crippen LogP contribution < -0.4 is 5.32 Å². The third kappa shape index (κ3) is 5.05. The van der Waals surface area contributed by atoms with Crippen molar-refractivity contribution in [1.29, 1.82) is 0 Å². The Morgan fingerprint density at radius 3 is 2.77 bits per heavy atom. The smallest absolute Gasteiger partial charge is 0.243 e. The molecule has 0 spiro atoms. The number of aliphatic hydroxyl groups excluding tert-OH is 1. The first-order chi connectivity index (χ1) is 14.6. The summed E-state index contributed by atoms with van der Waals surface area (Å²) in [6.45, 7) is 0.798. The van der Waals surface area contributed by atoms with Crippen LogP contribution in [-0.4, -0.2) is 39.9 Å². The van der Waals surface area contributed by atoms with Crippen molar-refractivity contribution in [3.8, 4) is 0 Å². The van der Waals surface area contributed by atoms with Gasteiger partial charge in [-0.15, -0.1) is 0 Å². The number of carbonyl (C=O) groups excluding carboxylic acids is 2. The van der Waals surface area contributed by atoms with E-state index in [1.165, 1.54) is 5.56 Å². The van der Waals surface area contributed by atoms with Gasteiger partial charge in [-0.05, 0) is 73.3 Å². The fourth-order valence-electron chi connectivity index (χ4n) is 4.71. The van der Waals surface area contributed by atoms with Gasteiger partial charge in [0.1, 0.15) is 0 Å². The Bertz CT molecular complexity index is 869. The number of benzene rings is 1. The van der Waals surface area contributed by atoms with E-state index in [2.05, 4.69) is 22.4 Å². The second-order valence-corrected chi connectivity index (χ2v) is 8.54. The molecule has 2 heterocycles. The summed E-state index contributed by atoms with van der Waals surface area (Å²) >= 11 is 0. The Morgan fingerprint density at radius 1 is 1.23 bits per heavy atom. The van der Waals surface area contributed by atoms with Gasteiger partial charge in [-0.2, -0.15) is 0 Å². The lowest BCUT2D eigenvalue weighted by molar-refractivity contribution is -0.131. The van der Waals surface area contributed by atoms with Gasteiger partial charge in [-0.1, -0.05) is 18.2 Å². The monoisotopic (exact) mass is 407 g/mol. The summed E-state index contributed by atoms with van der Waals surface area (Å²) in [7, 11) is 0. The van der Waals surface area contributed by atoms with Crippen LogP contribution in [0, 0.1) is 11.8 Å². The summed E-state index contributed by atoms with van der Waals surface area (Å²) in [5.41, 5.74) is 2.90. The highest BCUT2D eigenvalue weighted by Gasteiger charge is 2.30. The van der Waals surface area contributed by atoms with Gasteiger partial charge in [-0.25, -0.2) is 0 Å². The third-order valence-corrected chi connectivity index (χ3v) is 6.32. The molecule has 6 nitrogen and oxygen atoms in total. The minimum Gasteiger partial charge on any atom is -0.388 e. The molecular weight excluding hydrogens is 378 g/mol. The molecule has 0 bridgehead atoms. The molecule has 1 aliphatic carbocycles. The Morgan fingerprint density at radius 2 is 2.07 bits per heavy atom. The quantitative estimate of drug-likeness (QED) is 0.738. The van der Waals surface area contributed by atoms with E-state index in [4.69, 9.17) is 0 Å². The molecule has 30 heavy (non-hydrogen) atoms. The SMILES string of the molecule is O=C(CN1CCCC1=O)Nc1ccc(C[C@@H]2CC[C@H]([C@H](O)c3cccnc3)C2)cc1. The molecule has 2 N–H and O–H groups in total. The van der Waals surface area contributed by atoms with Crippen LogP contribution in [0.25, 0.3) is 0 Å². The molecule has 1 aliphatic heterocycles. The standard InChI is InChI=1S/C24H29N3O3/c28-22(16-27-12-2-4-23(27)29)26-21-9-6-17(7-10-21)13-18-5-8-19(14-18)24(30)20-3-1-11-25-15-20/h1,3,6-7,9-11,15,18-19,24,30H,2,4-5,8,12-14,16H2,(H,26,28)/t18-,19-,24-/m0/s1. The van der Waals surface area contributed by atoms with Crippen molar-refractivity contribution in [3.63, 3.8) is 0 Å². The lowest BCUT2D eigenvalue weighted by Crippen LogP contribution is -2.33. The van der Waals surface area contributed by atoms with Crippen LogP contribution in [-0.2, 0) is 16.0 Å². The van der Waals surface area contributed by atoms with Crippen molar-refractivity contribution in [3.05, 3.63) is 59.9 Å². The Hall–Kier alpha value is -2.73. The van der Waals surface area contributed by atoms with Crippen LogP contribution in [0.15, 0.2) is 48.8 Å². The van der Waals surface area contributed by atoms with Gasteiger partial charge in [0.2, 0.25) is 11.8 Å². The van der Waals surface area contributed by atoms with E-state index in [-0.39, 0.29) is 24.3 Å². The Labute approximate surface area is 177 Å². The van der Waals surface area contributed by atoms with E-state index in [9.17, 15) is 14.7 Å². The molecule has 3 atom stereocenters. The maximum absolute atomic E-state index is 12.2. The molecule has 4 rings (SSSR count). The van der Waals surface area contributed by atoms with E-state index < -0.39 is 6.10 Å². The van der Waals surface area contributed by atoms with E-state index in [1.807, 2.05) is 24.3 Å².